The zero-order chi connectivity index (χ0) is 26.9. The van der Waals surface area contributed by atoms with Gasteiger partial charge in [0.2, 0.25) is 0 Å². The third-order valence-electron chi connectivity index (χ3n) is 5.31. The minimum Gasteiger partial charge on any atom is -0.490 e. The molecular weight excluding hydrogens is 520 g/mol. The van der Waals surface area contributed by atoms with Crippen molar-refractivity contribution in [1.29, 1.82) is 0 Å². The fourth-order valence-electron chi connectivity index (χ4n) is 3.45. The van der Waals surface area contributed by atoms with Crippen molar-refractivity contribution in [2.45, 2.75) is 13.8 Å². The van der Waals surface area contributed by atoms with Crippen molar-refractivity contribution in [2.24, 2.45) is 5.10 Å². The number of thiazole rings is 1. The summed E-state index contributed by atoms with van der Waals surface area (Å²) in [5.41, 5.74) is 7.59. The smallest absolute Gasteiger partial charge is 0.271 e. The average molecular weight is 547 g/mol. The highest BCUT2D eigenvalue weighted by Gasteiger charge is 2.12. The lowest BCUT2D eigenvalue weighted by atomic mass is 10.1. The van der Waals surface area contributed by atoms with Gasteiger partial charge in [0.1, 0.15) is 6.61 Å². The average Bonchev–Trinajstić information content (AvgIpc) is 3.38. The van der Waals surface area contributed by atoms with Gasteiger partial charge in [-0.05, 0) is 55.8 Å². The first kappa shape index (κ1) is 26.9. The van der Waals surface area contributed by atoms with Gasteiger partial charge in [-0.15, -0.1) is 11.3 Å². The first-order valence-corrected chi connectivity index (χ1v) is 13.2. The van der Waals surface area contributed by atoms with Crippen LogP contribution in [0.25, 0.3) is 11.3 Å². The number of rotatable bonds is 11. The number of carbonyl (C=O) groups is 1. The Labute approximate surface area is 230 Å². The van der Waals surface area contributed by atoms with Crippen molar-refractivity contribution < 1.29 is 14.3 Å². The highest BCUT2D eigenvalue weighted by molar-refractivity contribution is 7.14. The van der Waals surface area contributed by atoms with E-state index in [9.17, 15) is 4.79 Å². The van der Waals surface area contributed by atoms with Gasteiger partial charge >= 0.3 is 0 Å². The highest BCUT2D eigenvalue weighted by atomic mass is 35.5. The third-order valence-corrected chi connectivity index (χ3v) is 6.35. The number of carbonyl (C=O) groups excluding carboxylic acids is 1. The summed E-state index contributed by atoms with van der Waals surface area (Å²) in [7, 11) is 0. The van der Waals surface area contributed by atoms with E-state index >= 15 is 0 Å². The van der Waals surface area contributed by atoms with Gasteiger partial charge in [-0.25, -0.2) is 10.4 Å². The fourth-order valence-corrected chi connectivity index (χ4v) is 4.47. The maximum Gasteiger partial charge on any atom is 0.271 e. The van der Waals surface area contributed by atoms with Crippen LogP contribution in [0.2, 0.25) is 5.02 Å². The molecule has 0 fully saturated rings. The molecule has 0 aliphatic rings. The first-order chi connectivity index (χ1) is 18.5. The number of benzene rings is 3. The van der Waals surface area contributed by atoms with E-state index in [2.05, 4.69) is 34.3 Å². The van der Waals surface area contributed by atoms with E-state index in [1.807, 2.05) is 48.7 Å². The second kappa shape index (κ2) is 12.9. The van der Waals surface area contributed by atoms with Gasteiger partial charge in [-0.1, -0.05) is 54.1 Å². The number of aryl methyl sites for hydroxylation is 1. The number of nitrogens with one attached hydrogen (secondary N) is 2. The van der Waals surface area contributed by atoms with Crippen LogP contribution in [0.1, 0.15) is 28.4 Å². The lowest BCUT2D eigenvalue weighted by Gasteiger charge is -2.13. The predicted octanol–water partition coefficient (Wildman–Crippen LogP) is 7.24. The second-order valence-electron chi connectivity index (χ2n) is 8.17. The van der Waals surface area contributed by atoms with Gasteiger partial charge < -0.3 is 14.8 Å². The van der Waals surface area contributed by atoms with Crippen LogP contribution in [0, 0.1) is 6.92 Å². The summed E-state index contributed by atoms with van der Waals surface area (Å²) in [6, 6.07) is 18.8. The van der Waals surface area contributed by atoms with Crippen molar-refractivity contribution in [3.63, 3.8) is 0 Å². The van der Waals surface area contributed by atoms with E-state index in [1.54, 1.807) is 30.3 Å². The molecule has 2 N–H and O–H groups in total. The Morgan fingerprint density at radius 2 is 1.89 bits per heavy atom. The van der Waals surface area contributed by atoms with Gasteiger partial charge in [0.25, 0.3) is 5.91 Å². The molecule has 4 rings (SSSR count). The Balaban J connectivity index is 1.38. The van der Waals surface area contributed by atoms with Crippen LogP contribution in [-0.4, -0.2) is 30.3 Å². The quantitative estimate of drug-likeness (QED) is 0.118. The number of nitrogens with zero attached hydrogens (tertiary/aromatic N) is 2. The summed E-state index contributed by atoms with van der Waals surface area (Å²) in [6.07, 6.45) is 3.12. The highest BCUT2D eigenvalue weighted by Crippen LogP contribution is 2.36. The number of aromatic nitrogens is 1. The zero-order valence-corrected chi connectivity index (χ0v) is 22.6. The predicted molar refractivity (Wildman–Crippen MR) is 155 cm³/mol. The topological polar surface area (TPSA) is 84.8 Å². The molecule has 7 nitrogen and oxygen atoms in total. The third kappa shape index (κ3) is 7.00. The molecule has 3 aromatic carbocycles. The summed E-state index contributed by atoms with van der Waals surface area (Å²) in [6.45, 7) is 8.31. The summed E-state index contributed by atoms with van der Waals surface area (Å²) in [5, 5.41) is 10.5. The number of ether oxygens (including phenoxy) is 2. The van der Waals surface area contributed by atoms with Crippen LogP contribution in [0.4, 0.5) is 10.8 Å². The number of anilines is 2. The molecule has 0 atom stereocenters. The molecule has 0 bridgehead atoms. The van der Waals surface area contributed by atoms with Crippen molar-refractivity contribution in [2.75, 3.05) is 18.5 Å². The maximum absolute atomic E-state index is 12.6. The van der Waals surface area contributed by atoms with Crippen LogP contribution in [0.3, 0.4) is 0 Å². The molecule has 1 heterocycles. The van der Waals surface area contributed by atoms with E-state index < -0.39 is 0 Å². The number of hydrogen-bond acceptors (Lipinski definition) is 7. The molecule has 9 heteroatoms. The van der Waals surface area contributed by atoms with E-state index in [0.29, 0.717) is 40.9 Å². The Morgan fingerprint density at radius 1 is 1.13 bits per heavy atom. The molecule has 1 aromatic heterocycles. The number of halogens is 1. The van der Waals surface area contributed by atoms with Crippen molar-refractivity contribution in [3.05, 3.63) is 100 Å². The van der Waals surface area contributed by atoms with Gasteiger partial charge in [0.15, 0.2) is 16.6 Å². The molecule has 0 aliphatic carbocycles. The molecule has 0 saturated heterocycles. The summed E-state index contributed by atoms with van der Waals surface area (Å²) in [4.78, 5) is 17.2. The molecule has 0 spiro atoms. The second-order valence-corrected chi connectivity index (χ2v) is 9.43. The van der Waals surface area contributed by atoms with Crippen LogP contribution in [-0.2, 0) is 0 Å². The molecular formula is C29H27ClN4O3S. The molecule has 0 radical (unpaired) electrons. The molecule has 4 aromatic rings. The molecule has 194 valence electrons. The largest absolute Gasteiger partial charge is 0.490 e. The van der Waals surface area contributed by atoms with Crippen molar-refractivity contribution in [1.82, 2.24) is 10.4 Å². The zero-order valence-electron chi connectivity index (χ0n) is 21.0. The summed E-state index contributed by atoms with van der Waals surface area (Å²) in [5.74, 6) is 0.590. The molecule has 38 heavy (non-hydrogen) atoms. The van der Waals surface area contributed by atoms with E-state index in [4.69, 9.17) is 21.1 Å². The lowest BCUT2D eigenvalue weighted by Crippen LogP contribution is -2.17. The van der Waals surface area contributed by atoms with Gasteiger partial charge in [0.05, 0.1) is 23.5 Å². The van der Waals surface area contributed by atoms with Crippen LogP contribution < -0.4 is 20.2 Å². The van der Waals surface area contributed by atoms with Crippen LogP contribution in [0.15, 0.2) is 83.8 Å². The normalized spacial score (nSPS) is 10.8. The Morgan fingerprint density at radius 3 is 2.61 bits per heavy atom. The monoisotopic (exact) mass is 546 g/mol. The Hall–Kier alpha value is -4.14. The molecule has 1 amide bonds. The van der Waals surface area contributed by atoms with E-state index in [-0.39, 0.29) is 5.91 Å². The Kier molecular flexibility index (Phi) is 9.13. The maximum atomic E-state index is 12.6. The van der Waals surface area contributed by atoms with Gasteiger partial charge in [-0.2, -0.15) is 5.10 Å². The minimum atomic E-state index is -0.338. The van der Waals surface area contributed by atoms with Crippen molar-refractivity contribution >= 4 is 45.9 Å². The van der Waals surface area contributed by atoms with Crippen LogP contribution in [0.5, 0.6) is 11.5 Å². The van der Waals surface area contributed by atoms with E-state index in [0.717, 1.165) is 22.1 Å². The van der Waals surface area contributed by atoms with Gasteiger partial charge in [0, 0.05) is 22.2 Å². The minimum absolute atomic E-state index is 0.302. The van der Waals surface area contributed by atoms with E-state index in [1.165, 1.54) is 23.1 Å². The number of hydrazone groups is 1. The molecule has 0 saturated carbocycles. The Bertz CT molecular complexity index is 1430. The number of amides is 1. The summed E-state index contributed by atoms with van der Waals surface area (Å²) >= 11 is 7.88. The van der Waals surface area contributed by atoms with Gasteiger partial charge in [-0.3, -0.25) is 4.79 Å². The van der Waals surface area contributed by atoms with Crippen molar-refractivity contribution in [3.8, 4) is 22.8 Å². The molecule has 0 unspecified atom stereocenters. The standard InChI is InChI=1S/C29H27ClN4O3S/c1-4-14-37-27-24(30)15-20(16-26(27)36-5-2)17-31-34-28(35)22-10-8-21(9-11-22)25-18-38-29(33-25)32-23-12-6-19(3)7-13-23/h4,6-13,15-18H,1,5,14H2,2-3H3,(H,32,33)(H,34,35)/b31-17-. The lowest BCUT2D eigenvalue weighted by molar-refractivity contribution is 0.0955. The summed E-state index contributed by atoms with van der Waals surface area (Å²) < 4.78 is 11.2. The fraction of sp³-hybridized carbons (Fsp3) is 0.138. The van der Waals surface area contributed by atoms with Crippen LogP contribution >= 0.6 is 22.9 Å². The SMILES string of the molecule is C=CCOc1c(Cl)cc(/C=N\NC(=O)c2ccc(-c3csc(Nc4ccc(C)cc4)n3)cc2)cc1OCC. The first-order valence-electron chi connectivity index (χ1n) is 11.9. The molecule has 0 aliphatic heterocycles. The number of hydrogen-bond donors (Lipinski definition) is 2.